The summed E-state index contributed by atoms with van der Waals surface area (Å²) < 4.78 is 5.22. The van der Waals surface area contributed by atoms with E-state index in [1.54, 1.807) is 7.11 Å². The third-order valence-corrected chi connectivity index (χ3v) is 2.08. The van der Waals surface area contributed by atoms with Crippen LogP contribution in [0.2, 0.25) is 0 Å². The van der Waals surface area contributed by atoms with E-state index < -0.39 is 0 Å². The Balaban J connectivity index is 2.97. The minimum absolute atomic E-state index is 0.263. The standard InChI is InChI=1S/C12H16N2O/c1-9(2)14-11(8-13)10-6-4-5-7-12(10)15-3/h4-7,9,11,14H,1-3H3. The van der Waals surface area contributed by atoms with Crippen LogP contribution < -0.4 is 10.1 Å². The Kier molecular flexibility index (Phi) is 4.14. The van der Waals surface area contributed by atoms with E-state index >= 15 is 0 Å². The molecule has 0 radical (unpaired) electrons. The van der Waals surface area contributed by atoms with Crippen molar-refractivity contribution in [2.24, 2.45) is 0 Å². The molecule has 0 aromatic heterocycles. The lowest BCUT2D eigenvalue weighted by molar-refractivity contribution is 0.403. The summed E-state index contributed by atoms with van der Waals surface area (Å²) in [6.07, 6.45) is 0. The molecule has 0 fully saturated rings. The number of hydrogen-bond donors (Lipinski definition) is 1. The highest BCUT2D eigenvalue weighted by atomic mass is 16.5. The summed E-state index contributed by atoms with van der Waals surface area (Å²) >= 11 is 0. The van der Waals surface area contributed by atoms with Gasteiger partial charge in [-0.25, -0.2) is 0 Å². The molecule has 1 aromatic carbocycles. The molecular formula is C12H16N2O. The molecule has 0 aliphatic carbocycles. The van der Waals surface area contributed by atoms with Gasteiger partial charge in [-0.05, 0) is 19.9 Å². The van der Waals surface area contributed by atoms with Gasteiger partial charge in [-0.3, -0.25) is 5.32 Å². The number of benzene rings is 1. The van der Waals surface area contributed by atoms with E-state index in [0.717, 1.165) is 11.3 Å². The van der Waals surface area contributed by atoms with Crippen molar-refractivity contribution in [3.8, 4) is 11.8 Å². The first-order chi connectivity index (χ1) is 7.19. The molecule has 0 saturated heterocycles. The van der Waals surface area contributed by atoms with E-state index in [1.165, 1.54) is 0 Å². The summed E-state index contributed by atoms with van der Waals surface area (Å²) in [7, 11) is 1.61. The van der Waals surface area contributed by atoms with Crippen LogP contribution in [-0.4, -0.2) is 13.2 Å². The largest absolute Gasteiger partial charge is 0.496 e. The fourth-order valence-corrected chi connectivity index (χ4v) is 1.43. The predicted molar refractivity (Wildman–Crippen MR) is 59.6 cm³/mol. The zero-order valence-corrected chi connectivity index (χ0v) is 9.32. The van der Waals surface area contributed by atoms with E-state index in [9.17, 15) is 0 Å². The van der Waals surface area contributed by atoms with E-state index in [1.807, 2.05) is 38.1 Å². The van der Waals surface area contributed by atoms with Crippen LogP contribution in [-0.2, 0) is 0 Å². The van der Waals surface area contributed by atoms with Crippen molar-refractivity contribution >= 4 is 0 Å². The van der Waals surface area contributed by atoms with E-state index in [4.69, 9.17) is 10.00 Å². The summed E-state index contributed by atoms with van der Waals surface area (Å²) in [4.78, 5) is 0. The quantitative estimate of drug-likeness (QED) is 0.818. The van der Waals surface area contributed by atoms with Gasteiger partial charge < -0.3 is 4.74 Å². The highest BCUT2D eigenvalue weighted by molar-refractivity contribution is 5.38. The van der Waals surface area contributed by atoms with Crippen molar-refractivity contribution < 1.29 is 4.74 Å². The summed E-state index contributed by atoms with van der Waals surface area (Å²) in [5.74, 6) is 0.747. The Hall–Kier alpha value is -1.53. The molecule has 3 nitrogen and oxygen atoms in total. The maximum absolute atomic E-state index is 9.08. The fraction of sp³-hybridized carbons (Fsp3) is 0.417. The molecule has 0 saturated carbocycles. The molecule has 80 valence electrons. The number of nitrogens with one attached hydrogen (secondary N) is 1. The average Bonchev–Trinajstić information content (AvgIpc) is 2.25. The van der Waals surface area contributed by atoms with Gasteiger partial charge in [0.2, 0.25) is 0 Å². The lowest BCUT2D eigenvalue weighted by atomic mass is 10.1. The van der Waals surface area contributed by atoms with Gasteiger partial charge in [0, 0.05) is 11.6 Å². The molecule has 1 N–H and O–H groups in total. The Morgan fingerprint density at radius 2 is 2.00 bits per heavy atom. The third kappa shape index (κ3) is 2.97. The van der Waals surface area contributed by atoms with E-state index in [0.29, 0.717) is 0 Å². The smallest absolute Gasteiger partial charge is 0.125 e. The van der Waals surface area contributed by atoms with Crippen LogP contribution in [0.15, 0.2) is 24.3 Å². The van der Waals surface area contributed by atoms with Gasteiger partial charge in [0.25, 0.3) is 0 Å². The molecule has 0 spiro atoms. The van der Waals surface area contributed by atoms with E-state index in [-0.39, 0.29) is 12.1 Å². The SMILES string of the molecule is COc1ccccc1C(C#N)NC(C)C. The predicted octanol–water partition coefficient (Wildman–Crippen LogP) is 2.26. The first kappa shape index (κ1) is 11.5. The van der Waals surface area contributed by atoms with Crippen LogP contribution in [0.3, 0.4) is 0 Å². The fourth-order valence-electron chi connectivity index (χ4n) is 1.43. The molecule has 1 unspecified atom stereocenters. The van der Waals surface area contributed by atoms with Crippen LogP contribution in [0.5, 0.6) is 5.75 Å². The molecule has 3 heteroatoms. The minimum Gasteiger partial charge on any atom is -0.496 e. The minimum atomic E-state index is -0.318. The van der Waals surface area contributed by atoms with Gasteiger partial charge in [0.05, 0.1) is 13.2 Å². The summed E-state index contributed by atoms with van der Waals surface area (Å²) in [6, 6.07) is 9.75. The number of nitriles is 1. The number of methoxy groups -OCH3 is 1. The Labute approximate surface area is 90.7 Å². The van der Waals surface area contributed by atoms with Crippen molar-refractivity contribution in [1.29, 1.82) is 5.26 Å². The lowest BCUT2D eigenvalue weighted by Crippen LogP contribution is -2.27. The second kappa shape index (κ2) is 5.38. The molecule has 0 aliphatic rings. The number of hydrogen-bond acceptors (Lipinski definition) is 3. The van der Waals surface area contributed by atoms with E-state index in [2.05, 4.69) is 11.4 Å². The molecule has 15 heavy (non-hydrogen) atoms. The maximum Gasteiger partial charge on any atom is 0.125 e. The molecular weight excluding hydrogens is 188 g/mol. The average molecular weight is 204 g/mol. The van der Waals surface area contributed by atoms with Gasteiger partial charge in [-0.15, -0.1) is 0 Å². The lowest BCUT2D eigenvalue weighted by Gasteiger charge is -2.17. The van der Waals surface area contributed by atoms with Gasteiger partial charge in [0.1, 0.15) is 11.8 Å². The second-order valence-electron chi connectivity index (χ2n) is 3.63. The van der Waals surface area contributed by atoms with Crippen LogP contribution in [0, 0.1) is 11.3 Å². The van der Waals surface area contributed by atoms with Gasteiger partial charge in [0.15, 0.2) is 0 Å². The zero-order valence-electron chi connectivity index (χ0n) is 9.32. The molecule has 0 heterocycles. The normalized spacial score (nSPS) is 12.2. The van der Waals surface area contributed by atoms with Crippen LogP contribution in [0.1, 0.15) is 25.5 Å². The van der Waals surface area contributed by atoms with Crippen molar-refractivity contribution in [1.82, 2.24) is 5.32 Å². The molecule has 0 aliphatic heterocycles. The molecule has 0 amide bonds. The van der Waals surface area contributed by atoms with Crippen molar-refractivity contribution in [3.05, 3.63) is 29.8 Å². The second-order valence-corrected chi connectivity index (χ2v) is 3.63. The number of ether oxygens (including phenoxy) is 1. The maximum atomic E-state index is 9.08. The van der Waals surface area contributed by atoms with Crippen LogP contribution in [0.25, 0.3) is 0 Å². The highest BCUT2D eigenvalue weighted by Crippen LogP contribution is 2.24. The molecule has 1 aromatic rings. The van der Waals surface area contributed by atoms with Crippen LogP contribution in [0.4, 0.5) is 0 Å². The van der Waals surface area contributed by atoms with Crippen LogP contribution >= 0.6 is 0 Å². The Morgan fingerprint density at radius 1 is 1.33 bits per heavy atom. The summed E-state index contributed by atoms with van der Waals surface area (Å²) in [5, 5.41) is 12.3. The van der Waals surface area contributed by atoms with Crippen molar-refractivity contribution in [3.63, 3.8) is 0 Å². The molecule has 1 atom stereocenters. The summed E-state index contributed by atoms with van der Waals surface area (Å²) in [5.41, 5.74) is 0.885. The number of para-hydroxylation sites is 1. The van der Waals surface area contributed by atoms with Gasteiger partial charge >= 0.3 is 0 Å². The van der Waals surface area contributed by atoms with Gasteiger partial charge in [-0.1, -0.05) is 18.2 Å². The Bertz CT molecular complexity index is 355. The zero-order chi connectivity index (χ0) is 11.3. The number of rotatable bonds is 4. The highest BCUT2D eigenvalue weighted by Gasteiger charge is 2.15. The van der Waals surface area contributed by atoms with Crippen molar-refractivity contribution in [2.75, 3.05) is 7.11 Å². The van der Waals surface area contributed by atoms with Crippen molar-refractivity contribution in [2.45, 2.75) is 25.9 Å². The first-order valence-electron chi connectivity index (χ1n) is 4.97. The molecule has 1 rings (SSSR count). The monoisotopic (exact) mass is 204 g/mol. The topological polar surface area (TPSA) is 45.0 Å². The Morgan fingerprint density at radius 3 is 2.53 bits per heavy atom. The third-order valence-electron chi connectivity index (χ3n) is 2.08. The number of nitrogens with zero attached hydrogens (tertiary/aromatic N) is 1. The van der Waals surface area contributed by atoms with Gasteiger partial charge in [-0.2, -0.15) is 5.26 Å². The summed E-state index contributed by atoms with van der Waals surface area (Å²) in [6.45, 7) is 4.03. The molecule has 0 bridgehead atoms. The first-order valence-corrected chi connectivity index (χ1v) is 4.97.